The Morgan fingerprint density at radius 1 is 1.14 bits per heavy atom. The summed E-state index contributed by atoms with van der Waals surface area (Å²) in [6, 6.07) is 0.346. The van der Waals surface area contributed by atoms with Crippen LogP contribution in [-0.2, 0) is 4.74 Å². The predicted octanol–water partition coefficient (Wildman–Crippen LogP) is -0.686. The van der Waals surface area contributed by atoms with Crippen molar-refractivity contribution in [2.24, 2.45) is 0 Å². The minimum Gasteiger partial charge on any atom is -0.395 e. The Kier molecular flexibility index (Phi) is 8.08. The van der Waals surface area contributed by atoms with E-state index in [0.29, 0.717) is 6.04 Å². The zero-order valence-electron chi connectivity index (χ0n) is 14.1. The molecule has 0 aromatic heterocycles. The number of likely N-dealkylation sites (N-methyl/N-ethyl adjacent to an activating group) is 2. The highest BCUT2D eigenvalue weighted by Crippen LogP contribution is 2.15. The van der Waals surface area contributed by atoms with E-state index >= 15 is 0 Å². The molecule has 0 bridgehead atoms. The van der Waals surface area contributed by atoms with Gasteiger partial charge < -0.3 is 19.8 Å². The average Bonchev–Trinajstić information content (AvgIpc) is 2.41. The molecule has 0 spiro atoms. The lowest BCUT2D eigenvalue weighted by Gasteiger charge is -2.37. The summed E-state index contributed by atoms with van der Waals surface area (Å²) in [4.78, 5) is 6.68. The number of hydrogen-bond donors (Lipinski definition) is 2. The van der Waals surface area contributed by atoms with Gasteiger partial charge in [0.05, 0.1) is 25.4 Å². The molecule has 2 saturated heterocycles. The molecule has 1 atom stereocenters. The van der Waals surface area contributed by atoms with Crippen LogP contribution < -0.4 is 0 Å². The van der Waals surface area contributed by atoms with Gasteiger partial charge in [0.25, 0.3) is 0 Å². The second-order valence-electron chi connectivity index (χ2n) is 6.69. The zero-order valence-corrected chi connectivity index (χ0v) is 14.1. The van der Waals surface area contributed by atoms with Gasteiger partial charge in [-0.15, -0.1) is 0 Å². The quantitative estimate of drug-likeness (QED) is 0.720. The third-order valence-electron chi connectivity index (χ3n) is 4.11. The molecule has 2 rings (SSSR count). The molecule has 2 N–H and O–H groups in total. The standard InChI is InChI=1S/C8H17NO2.C7H16N2O/c1-8(2)7-9(3-5-10)4-6-11-8;1-8-3-4-9(2)7(5-8)6-10/h10H,3-7H2,1-2H3;7,10H,3-6H2,1-2H3. The van der Waals surface area contributed by atoms with E-state index in [4.69, 9.17) is 14.9 Å². The third-order valence-corrected chi connectivity index (χ3v) is 4.11. The van der Waals surface area contributed by atoms with Crippen molar-refractivity contribution in [3.05, 3.63) is 0 Å². The molecule has 0 aliphatic carbocycles. The fourth-order valence-electron chi connectivity index (χ4n) is 2.75. The van der Waals surface area contributed by atoms with Gasteiger partial charge in [-0.1, -0.05) is 0 Å². The van der Waals surface area contributed by atoms with Gasteiger partial charge in [0, 0.05) is 45.3 Å². The van der Waals surface area contributed by atoms with E-state index < -0.39 is 0 Å². The molecule has 21 heavy (non-hydrogen) atoms. The monoisotopic (exact) mass is 303 g/mol. The number of aliphatic hydroxyl groups is 2. The summed E-state index contributed by atoms with van der Waals surface area (Å²) < 4.78 is 5.52. The molecule has 2 heterocycles. The number of morpholine rings is 1. The van der Waals surface area contributed by atoms with Crippen molar-refractivity contribution >= 4 is 0 Å². The lowest BCUT2D eigenvalue weighted by atomic mass is 10.1. The maximum absolute atomic E-state index is 8.91. The largest absolute Gasteiger partial charge is 0.395 e. The van der Waals surface area contributed by atoms with Crippen molar-refractivity contribution in [1.29, 1.82) is 0 Å². The van der Waals surface area contributed by atoms with Crippen LogP contribution in [0.3, 0.4) is 0 Å². The molecular weight excluding hydrogens is 270 g/mol. The van der Waals surface area contributed by atoms with Gasteiger partial charge in [-0.05, 0) is 27.9 Å². The fourth-order valence-corrected chi connectivity index (χ4v) is 2.75. The molecule has 2 fully saturated rings. The first-order valence-electron chi connectivity index (χ1n) is 7.85. The van der Waals surface area contributed by atoms with Crippen LogP contribution in [0, 0.1) is 0 Å². The second-order valence-corrected chi connectivity index (χ2v) is 6.69. The molecule has 6 heteroatoms. The van der Waals surface area contributed by atoms with Gasteiger partial charge in [-0.25, -0.2) is 0 Å². The van der Waals surface area contributed by atoms with Crippen molar-refractivity contribution < 1.29 is 14.9 Å². The van der Waals surface area contributed by atoms with Gasteiger partial charge >= 0.3 is 0 Å². The minimum atomic E-state index is -0.0343. The van der Waals surface area contributed by atoms with Crippen LogP contribution in [0.15, 0.2) is 0 Å². The Balaban J connectivity index is 0.000000211. The Morgan fingerprint density at radius 2 is 1.86 bits per heavy atom. The topological polar surface area (TPSA) is 59.4 Å². The first-order valence-corrected chi connectivity index (χ1v) is 7.85. The number of piperazine rings is 1. The van der Waals surface area contributed by atoms with Gasteiger partial charge in [0.15, 0.2) is 0 Å². The zero-order chi connectivity index (χ0) is 15.9. The minimum absolute atomic E-state index is 0.0343. The normalized spacial score (nSPS) is 28.0. The van der Waals surface area contributed by atoms with Gasteiger partial charge in [-0.3, -0.25) is 9.80 Å². The molecule has 0 saturated carbocycles. The number of aliphatic hydroxyl groups excluding tert-OH is 2. The number of hydrogen-bond acceptors (Lipinski definition) is 6. The van der Waals surface area contributed by atoms with Crippen molar-refractivity contribution in [3.8, 4) is 0 Å². The van der Waals surface area contributed by atoms with E-state index in [1.807, 2.05) is 0 Å². The van der Waals surface area contributed by atoms with Gasteiger partial charge in [0.2, 0.25) is 0 Å². The van der Waals surface area contributed by atoms with Crippen LogP contribution in [0.25, 0.3) is 0 Å². The molecule has 1 unspecified atom stereocenters. The molecular formula is C15H33N3O3. The second kappa shape index (κ2) is 9.02. The SMILES string of the molecule is CC1(C)CN(CCO)CCO1.CN1CCN(C)C(CO)C1. The molecule has 126 valence electrons. The van der Waals surface area contributed by atoms with E-state index in [9.17, 15) is 0 Å². The van der Waals surface area contributed by atoms with Gasteiger partial charge in [0.1, 0.15) is 0 Å². The smallest absolute Gasteiger partial charge is 0.0753 e. The molecule has 0 aromatic carbocycles. The molecule has 0 amide bonds. The van der Waals surface area contributed by atoms with Crippen molar-refractivity contribution in [2.75, 3.05) is 73.2 Å². The van der Waals surface area contributed by atoms with Crippen LogP contribution >= 0.6 is 0 Å². The summed E-state index contributed by atoms with van der Waals surface area (Å²) in [5.74, 6) is 0. The Bertz CT molecular complexity index is 287. The maximum atomic E-state index is 8.91. The lowest BCUT2D eigenvalue weighted by Crippen LogP contribution is -2.51. The van der Waals surface area contributed by atoms with Gasteiger partial charge in [-0.2, -0.15) is 0 Å². The summed E-state index contributed by atoms with van der Waals surface area (Å²) >= 11 is 0. The molecule has 2 aliphatic rings. The lowest BCUT2D eigenvalue weighted by molar-refractivity contribution is -0.0880. The number of ether oxygens (including phenoxy) is 1. The first-order chi connectivity index (χ1) is 9.88. The van der Waals surface area contributed by atoms with E-state index in [1.54, 1.807) is 0 Å². The highest BCUT2D eigenvalue weighted by Gasteiger charge is 2.26. The summed E-state index contributed by atoms with van der Waals surface area (Å²) in [6.07, 6.45) is 0. The van der Waals surface area contributed by atoms with Crippen molar-refractivity contribution in [2.45, 2.75) is 25.5 Å². The highest BCUT2D eigenvalue weighted by molar-refractivity contribution is 4.78. The van der Waals surface area contributed by atoms with Crippen LogP contribution in [0.4, 0.5) is 0 Å². The molecule has 2 aliphatic heterocycles. The summed E-state index contributed by atoms with van der Waals surface area (Å²) in [5.41, 5.74) is -0.0343. The predicted molar refractivity (Wildman–Crippen MR) is 84.6 cm³/mol. The average molecular weight is 303 g/mol. The van der Waals surface area contributed by atoms with E-state index in [0.717, 1.165) is 45.9 Å². The molecule has 0 radical (unpaired) electrons. The number of rotatable bonds is 3. The Hall–Kier alpha value is -0.240. The summed E-state index contributed by atoms with van der Waals surface area (Å²) in [5, 5.41) is 17.6. The van der Waals surface area contributed by atoms with E-state index in [-0.39, 0.29) is 18.8 Å². The maximum Gasteiger partial charge on any atom is 0.0753 e. The summed E-state index contributed by atoms with van der Waals surface area (Å²) in [6.45, 7) is 11.3. The van der Waals surface area contributed by atoms with Crippen LogP contribution in [0.5, 0.6) is 0 Å². The third kappa shape index (κ3) is 7.04. The van der Waals surface area contributed by atoms with Crippen LogP contribution in [-0.4, -0.2) is 110 Å². The van der Waals surface area contributed by atoms with Crippen LogP contribution in [0.2, 0.25) is 0 Å². The Labute approximate surface area is 129 Å². The van der Waals surface area contributed by atoms with E-state index in [1.165, 1.54) is 0 Å². The Morgan fingerprint density at radius 3 is 2.38 bits per heavy atom. The first kappa shape index (κ1) is 18.8. The molecule has 6 nitrogen and oxygen atoms in total. The van der Waals surface area contributed by atoms with Crippen molar-refractivity contribution in [3.63, 3.8) is 0 Å². The van der Waals surface area contributed by atoms with Crippen LogP contribution in [0.1, 0.15) is 13.8 Å². The van der Waals surface area contributed by atoms with Crippen molar-refractivity contribution in [1.82, 2.24) is 14.7 Å². The van der Waals surface area contributed by atoms with E-state index in [2.05, 4.69) is 42.6 Å². The fraction of sp³-hybridized carbons (Fsp3) is 1.00. The highest BCUT2D eigenvalue weighted by atomic mass is 16.5. The number of nitrogens with zero attached hydrogens (tertiary/aromatic N) is 3. The number of β-amino-alcohol motifs (C(OH)–C–C–N with tert-alkyl or cyclic N) is 1. The molecule has 0 aromatic rings. The summed E-state index contributed by atoms with van der Waals surface area (Å²) in [7, 11) is 4.16.